The Bertz CT molecular complexity index is 369. The predicted octanol–water partition coefficient (Wildman–Crippen LogP) is 1.21. The second-order valence-electron chi connectivity index (χ2n) is 4.06. The molecule has 0 aromatic carbocycles. The first kappa shape index (κ1) is 11.0. The molecule has 5 nitrogen and oxygen atoms in total. The quantitative estimate of drug-likeness (QED) is 0.786. The van der Waals surface area contributed by atoms with Crippen LogP contribution in [-0.4, -0.2) is 24.9 Å². The Morgan fingerprint density at radius 1 is 1.44 bits per heavy atom. The Kier molecular flexibility index (Phi) is 3.14. The lowest BCUT2D eigenvalue weighted by atomic mass is 10.1. The molecule has 1 atom stereocenters. The molecule has 0 radical (unpaired) electrons. The summed E-state index contributed by atoms with van der Waals surface area (Å²) >= 11 is 0. The number of rotatable bonds is 2. The minimum absolute atomic E-state index is 0.0761. The third kappa shape index (κ3) is 2.04. The van der Waals surface area contributed by atoms with Crippen LogP contribution in [0.25, 0.3) is 0 Å². The van der Waals surface area contributed by atoms with E-state index in [4.69, 9.17) is 16.2 Å². The fourth-order valence-electron chi connectivity index (χ4n) is 2.12. The van der Waals surface area contributed by atoms with Gasteiger partial charge in [-0.1, -0.05) is 0 Å². The molecule has 1 unspecified atom stereocenters. The minimum Gasteiger partial charge on any atom is -0.397 e. The molecule has 0 aliphatic carbocycles. The molecule has 1 fully saturated rings. The Balaban J connectivity index is 2.27. The molecule has 1 aromatic rings. The lowest BCUT2D eigenvalue weighted by molar-refractivity contribution is 0.0779. The van der Waals surface area contributed by atoms with Gasteiger partial charge in [-0.3, -0.25) is 0 Å². The van der Waals surface area contributed by atoms with Crippen molar-refractivity contribution in [3.8, 4) is 0 Å². The number of nitrogens with zero attached hydrogens (tertiary/aromatic N) is 2. The van der Waals surface area contributed by atoms with Crippen LogP contribution >= 0.6 is 0 Å². The maximum Gasteiger partial charge on any atom is 0.153 e. The zero-order valence-electron chi connectivity index (χ0n) is 9.52. The largest absolute Gasteiger partial charge is 0.397 e. The lowest BCUT2D eigenvalue weighted by Crippen LogP contribution is -2.41. The number of hydrogen-bond donors (Lipinski definition) is 2. The molecule has 0 bridgehead atoms. The topological polar surface area (TPSA) is 77.4 Å². The Morgan fingerprint density at radius 3 is 2.94 bits per heavy atom. The van der Waals surface area contributed by atoms with Crippen LogP contribution in [-0.2, 0) is 4.74 Å². The van der Waals surface area contributed by atoms with Crippen molar-refractivity contribution in [2.24, 2.45) is 0 Å². The van der Waals surface area contributed by atoms with Gasteiger partial charge in [0.05, 0.1) is 17.6 Å². The van der Waals surface area contributed by atoms with Gasteiger partial charge in [0.1, 0.15) is 6.23 Å². The number of aromatic nitrogens is 1. The first-order chi connectivity index (χ1) is 7.72. The second kappa shape index (κ2) is 4.57. The zero-order valence-corrected chi connectivity index (χ0v) is 9.52. The number of pyridine rings is 1. The summed E-state index contributed by atoms with van der Waals surface area (Å²) in [4.78, 5) is 6.40. The Morgan fingerprint density at radius 2 is 2.25 bits per heavy atom. The SMILES string of the molecule is COC1CCCCN1c1ncc(N)cc1N. The maximum atomic E-state index is 5.93. The standard InChI is InChI=1S/C11H18N4O/c1-16-10-4-2-3-5-15(10)11-9(13)6-8(12)7-14-11/h6-7,10H,2-5,12-13H2,1H3. The van der Waals surface area contributed by atoms with Crippen LogP contribution in [0.5, 0.6) is 0 Å². The van der Waals surface area contributed by atoms with E-state index >= 15 is 0 Å². The van der Waals surface area contributed by atoms with Crippen LogP contribution in [0.1, 0.15) is 19.3 Å². The van der Waals surface area contributed by atoms with Gasteiger partial charge in [0.2, 0.25) is 0 Å². The number of ether oxygens (including phenoxy) is 1. The van der Waals surface area contributed by atoms with E-state index in [0.717, 1.165) is 25.2 Å². The summed E-state index contributed by atoms with van der Waals surface area (Å²) in [6, 6.07) is 1.74. The molecular weight excluding hydrogens is 204 g/mol. The Labute approximate surface area is 95.4 Å². The minimum atomic E-state index is 0.0761. The van der Waals surface area contributed by atoms with Crippen molar-refractivity contribution in [3.05, 3.63) is 12.3 Å². The highest BCUT2D eigenvalue weighted by molar-refractivity contribution is 5.67. The zero-order chi connectivity index (χ0) is 11.5. The molecule has 1 aromatic heterocycles. The van der Waals surface area contributed by atoms with Gasteiger partial charge in [0.15, 0.2) is 5.82 Å². The van der Waals surface area contributed by atoms with E-state index in [2.05, 4.69) is 9.88 Å². The fourth-order valence-corrected chi connectivity index (χ4v) is 2.12. The van der Waals surface area contributed by atoms with E-state index in [1.54, 1.807) is 19.4 Å². The van der Waals surface area contributed by atoms with E-state index in [1.807, 2.05) is 0 Å². The third-order valence-corrected chi connectivity index (χ3v) is 2.91. The predicted molar refractivity (Wildman–Crippen MR) is 65.1 cm³/mol. The van der Waals surface area contributed by atoms with E-state index in [1.165, 1.54) is 6.42 Å². The fraction of sp³-hybridized carbons (Fsp3) is 0.545. The first-order valence-electron chi connectivity index (χ1n) is 5.53. The average molecular weight is 222 g/mol. The number of anilines is 3. The smallest absolute Gasteiger partial charge is 0.153 e. The summed E-state index contributed by atoms with van der Waals surface area (Å²) in [7, 11) is 1.72. The number of nitrogens with two attached hydrogens (primary N) is 2. The third-order valence-electron chi connectivity index (χ3n) is 2.91. The van der Waals surface area contributed by atoms with Crippen molar-refractivity contribution in [1.29, 1.82) is 0 Å². The van der Waals surface area contributed by atoms with Gasteiger partial charge in [-0.2, -0.15) is 0 Å². The van der Waals surface area contributed by atoms with E-state index in [-0.39, 0.29) is 6.23 Å². The first-order valence-corrected chi connectivity index (χ1v) is 5.53. The van der Waals surface area contributed by atoms with Crippen LogP contribution in [0.4, 0.5) is 17.2 Å². The number of piperidine rings is 1. The molecule has 1 aliphatic heterocycles. The molecule has 2 rings (SSSR count). The van der Waals surface area contributed by atoms with Gasteiger partial charge in [-0.05, 0) is 25.3 Å². The molecule has 1 aliphatic rings. The van der Waals surface area contributed by atoms with Crippen molar-refractivity contribution in [3.63, 3.8) is 0 Å². The summed E-state index contributed by atoms with van der Waals surface area (Å²) in [5.74, 6) is 0.778. The summed E-state index contributed by atoms with van der Waals surface area (Å²) < 4.78 is 5.44. The number of methoxy groups -OCH3 is 1. The lowest BCUT2D eigenvalue weighted by Gasteiger charge is -2.35. The Hall–Kier alpha value is -1.49. The molecule has 5 heteroatoms. The van der Waals surface area contributed by atoms with Crippen molar-refractivity contribution in [1.82, 2.24) is 4.98 Å². The highest BCUT2D eigenvalue weighted by Gasteiger charge is 2.24. The van der Waals surface area contributed by atoms with Gasteiger partial charge in [-0.25, -0.2) is 4.98 Å². The summed E-state index contributed by atoms with van der Waals surface area (Å²) in [6.45, 7) is 0.930. The van der Waals surface area contributed by atoms with E-state index in [9.17, 15) is 0 Å². The summed E-state index contributed by atoms with van der Waals surface area (Å²) in [6.07, 6.45) is 5.05. The molecule has 1 saturated heterocycles. The van der Waals surface area contributed by atoms with Crippen LogP contribution in [0, 0.1) is 0 Å². The molecule has 4 N–H and O–H groups in total. The van der Waals surface area contributed by atoms with Crippen molar-refractivity contribution in [2.45, 2.75) is 25.5 Å². The molecule has 88 valence electrons. The van der Waals surface area contributed by atoms with Gasteiger partial charge >= 0.3 is 0 Å². The van der Waals surface area contributed by atoms with Crippen LogP contribution in [0.2, 0.25) is 0 Å². The number of nitrogen functional groups attached to an aromatic ring is 2. The molecule has 0 saturated carbocycles. The van der Waals surface area contributed by atoms with Crippen LogP contribution in [0.3, 0.4) is 0 Å². The molecule has 0 amide bonds. The average Bonchev–Trinajstić information content (AvgIpc) is 2.29. The maximum absolute atomic E-state index is 5.93. The van der Waals surface area contributed by atoms with Crippen molar-refractivity contribution >= 4 is 17.2 Å². The van der Waals surface area contributed by atoms with Crippen molar-refractivity contribution < 1.29 is 4.74 Å². The number of hydrogen-bond acceptors (Lipinski definition) is 5. The normalized spacial score (nSPS) is 21.1. The molecule has 0 spiro atoms. The van der Waals surface area contributed by atoms with Crippen LogP contribution in [0.15, 0.2) is 12.3 Å². The van der Waals surface area contributed by atoms with Crippen LogP contribution < -0.4 is 16.4 Å². The van der Waals surface area contributed by atoms with Gasteiger partial charge in [0.25, 0.3) is 0 Å². The van der Waals surface area contributed by atoms with Crippen molar-refractivity contribution in [2.75, 3.05) is 30.0 Å². The summed E-state index contributed by atoms with van der Waals surface area (Å²) in [5.41, 5.74) is 12.8. The van der Waals surface area contributed by atoms with Gasteiger partial charge < -0.3 is 21.1 Å². The molecular formula is C11H18N4O. The van der Waals surface area contributed by atoms with E-state index < -0.39 is 0 Å². The monoisotopic (exact) mass is 222 g/mol. The van der Waals surface area contributed by atoms with Gasteiger partial charge in [-0.15, -0.1) is 0 Å². The molecule has 2 heterocycles. The van der Waals surface area contributed by atoms with Gasteiger partial charge in [0, 0.05) is 13.7 Å². The molecule has 16 heavy (non-hydrogen) atoms. The summed E-state index contributed by atoms with van der Waals surface area (Å²) in [5, 5.41) is 0. The highest BCUT2D eigenvalue weighted by atomic mass is 16.5. The highest BCUT2D eigenvalue weighted by Crippen LogP contribution is 2.28. The van der Waals surface area contributed by atoms with E-state index in [0.29, 0.717) is 11.4 Å². The second-order valence-corrected chi connectivity index (χ2v) is 4.06.